The van der Waals surface area contributed by atoms with Crippen molar-refractivity contribution in [1.29, 1.82) is 0 Å². The Labute approximate surface area is 91.0 Å². The van der Waals surface area contributed by atoms with Crippen LogP contribution in [0.4, 0.5) is 0 Å². The van der Waals surface area contributed by atoms with Crippen LogP contribution in [0.3, 0.4) is 0 Å². The molecule has 0 aliphatic carbocycles. The van der Waals surface area contributed by atoms with Crippen LogP contribution in [-0.2, 0) is 10.2 Å². The lowest BCUT2D eigenvalue weighted by Gasteiger charge is -2.24. The van der Waals surface area contributed by atoms with Gasteiger partial charge in [0.05, 0.1) is 6.04 Å². The minimum absolute atomic E-state index is 0.0727. The molecule has 1 atom stereocenters. The lowest BCUT2D eigenvalue weighted by Crippen LogP contribution is -2.14. The van der Waals surface area contributed by atoms with Gasteiger partial charge in [0, 0.05) is 0 Å². The molecule has 80 valence electrons. The molecule has 0 N–H and O–H groups in total. The van der Waals surface area contributed by atoms with Crippen molar-refractivity contribution in [2.45, 2.75) is 39.2 Å². The molecule has 0 aromatic heterocycles. The number of aliphatic imine (C=N–C) groups is 1. The maximum atomic E-state index is 10.3. The molecule has 1 unspecified atom stereocenters. The highest BCUT2D eigenvalue weighted by molar-refractivity contribution is 5.39. The van der Waals surface area contributed by atoms with Crippen LogP contribution in [0.1, 0.15) is 44.9 Å². The molecule has 1 rings (SSSR count). The van der Waals surface area contributed by atoms with Crippen molar-refractivity contribution in [1.82, 2.24) is 0 Å². The molecule has 2 heteroatoms. The molecule has 1 aromatic rings. The lowest BCUT2D eigenvalue weighted by atomic mass is 9.82. The van der Waals surface area contributed by atoms with Crippen LogP contribution in [0.2, 0.25) is 0 Å². The first kappa shape index (κ1) is 11.7. The van der Waals surface area contributed by atoms with Gasteiger partial charge in [0.25, 0.3) is 0 Å². The molecule has 1 aromatic carbocycles. The van der Waals surface area contributed by atoms with E-state index in [9.17, 15) is 4.79 Å². The van der Waals surface area contributed by atoms with E-state index < -0.39 is 0 Å². The minimum atomic E-state index is -0.113. The molecule has 0 saturated heterocycles. The summed E-state index contributed by atoms with van der Waals surface area (Å²) >= 11 is 0. The van der Waals surface area contributed by atoms with E-state index in [1.807, 2.05) is 25.1 Å². The highest BCUT2D eigenvalue weighted by Crippen LogP contribution is 2.30. The van der Waals surface area contributed by atoms with E-state index in [1.165, 1.54) is 5.56 Å². The van der Waals surface area contributed by atoms with Crippen molar-refractivity contribution in [2.75, 3.05) is 0 Å². The summed E-state index contributed by atoms with van der Waals surface area (Å²) < 4.78 is 0. The third-order valence-electron chi connectivity index (χ3n) is 2.47. The molecule has 2 nitrogen and oxygen atoms in total. The molecule has 0 saturated carbocycles. The number of hydrogen-bond donors (Lipinski definition) is 0. The first-order chi connectivity index (χ1) is 6.96. The van der Waals surface area contributed by atoms with E-state index in [1.54, 1.807) is 6.08 Å². The summed E-state index contributed by atoms with van der Waals surface area (Å²) in [5.41, 5.74) is 2.41. The van der Waals surface area contributed by atoms with Crippen LogP contribution in [0.15, 0.2) is 29.3 Å². The van der Waals surface area contributed by atoms with Gasteiger partial charge in [0.2, 0.25) is 6.08 Å². The van der Waals surface area contributed by atoms with Crippen LogP contribution in [-0.4, -0.2) is 6.08 Å². The number of rotatable bonds is 2. The van der Waals surface area contributed by atoms with Crippen molar-refractivity contribution >= 4 is 6.08 Å². The van der Waals surface area contributed by atoms with Gasteiger partial charge in [-0.3, -0.25) is 0 Å². The fourth-order valence-electron chi connectivity index (χ4n) is 1.69. The van der Waals surface area contributed by atoms with E-state index in [0.717, 1.165) is 5.56 Å². The zero-order valence-electron chi connectivity index (χ0n) is 9.74. The van der Waals surface area contributed by atoms with Crippen molar-refractivity contribution in [3.63, 3.8) is 0 Å². The largest absolute Gasteiger partial charge is 0.235 e. The van der Waals surface area contributed by atoms with Gasteiger partial charge in [-0.15, -0.1) is 0 Å². The van der Waals surface area contributed by atoms with E-state index in [0.29, 0.717) is 0 Å². The van der Waals surface area contributed by atoms with E-state index >= 15 is 0 Å². The zero-order valence-corrected chi connectivity index (χ0v) is 9.74. The zero-order chi connectivity index (χ0) is 11.5. The number of benzene rings is 1. The van der Waals surface area contributed by atoms with Gasteiger partial charge in [-0.25, -0.2) is 4.79 Å². The Morgan fingerprint density at radius 1 is 1.27 bits per heavy atom. The van der Waals surface area contributed by atoms with E-state index in [2.05, 4.69) is 31.8 Å². The Kier molecular flexibility index (Phi) is 3.43. The number of isocyanates is 1. The van der Waals surface area contributed by atoms with Crippen LogP contribution >= 0.6 is 0 Å². The van der Waals surface area contributed by atoms with Crippen molar-refractivity contribution in [3.05, 3.63) is 35.4 Å². The summed E-state index contributed by atoms with van der Waals surface area (Å²) in [6.45, 7) is 8.38. The molecule has 0 aliphatic heterocycles. The monoisotopic (exact) mass is 203 g/mol. The first-order valence-corrected chi connectivity index (χ1v) is 5.13. The fraction of sp³-hybridized carbons (Fsp3) is 0.462. The molecular formula is C13H17NO. The summed E-state index contributed by atoms with van der Waals surface area (Å²) in [5.74, 6) is 0. The summed E-state index contributed by atoms with van der Waals surface area (Å²) in [7, 11) is 0. The first-order valence-electron chi connectivity index (χ1n) is 5.13. The predicted octanol–water partition coefficient (Wildman–Crippen LogP) is 3.38. The van der Waals surface area contributed by atoms with Gasteiger partial charge in [-0.2, -0.15) is 4.99 Å². The molecule has 0 heterocycles. The topological polar surface area (TPSA) is 29.4 Å². The molecule has 15 heavy (non-hydrogen) atoms. The van der Waals surface area contributed by atoms with E-state index in [4.69, 9.17) is 0 Å². The standard InChI is InChI=1S/C13H17NO/c1-10(14-9-15)11-7-5-6-8-12(11)13(2,3)4/h5-8,10H,1-4H3. The van der Waals surface area contributed by atoms with Gasteiger partial charge in [-0.1, -0.05) is 45.0 Å². The summed E-state index contributed by atoms with van der Waals surface area (Å²) in [5, 5.41) is 0. The van der Waals surface area contributed by atoms with Crippen LogP contribution < -0.4 is 0 Å². The number of nitrogens with zero attached hydrogens (tertiary/aromatic N) is 1. The highest BCUT2D eigenvalue weighted by Gasteiger charge is 2.19. The molecule has 0 amide bonds. The average Bonchev–Trinajstić information content (AvgIpc) is 2.17. The molecule has 0 bridgehead atoms. The van der Waals surface area contributed by atoms with Crippen molar-refractivity contribution < 1.29 is 4.79 Å². The second kappa shape index (κ2) is 4.41. The molecule has 0 radical (unpaired) electrons. The number of carbonyl (C=O) groups excluding carboxylic acids is 1. The van der Waals surface area contributed by atoms with Gasteiger partial charge in [-0.05, 0) is 23.5 Å². The number of hydrogen-bond acceptors (Lipinski definition) is 2. The van der Waals surface area contributed by atoms with Gasteiger partial charge in [0.15, 0.2) is 0 Å². The maximum absolute atomic E-state index is 10.3. The summed E-state index contributed by atoms with van der Waals surface area (Å²) in [6.07, 6.45) is 1.62. The normalized spacial score (nSPS) is 13.1. The van der Waals surface area contributed by atoms with Crippen LogP contribution in [0, 0.1) is 0 Å². The van der Waals surface area contributed by atoms with Crippen molar-refractivity contribution in [3.8, 4) is 0 Å². The van der Waals surface area contributed by atoms with Gasteiger partial charge < -0.3 is 0 Å². The third-order valence-corrected chi connectivity index (χ3v) is 2.47. The summed E-state index contributed by atoms with van der Waals surface area (Å²) in [4.78, 5) is 14.0. The SMILES string of the molecule is CC(N=C=O)c1ccccc1C(C)(C)C. The third kappa shape index (κ3) is 2.77. The fourth-order valence-corrected chi connectivity index (χ4v) is 1.69. The Balaban J connectivity index is 3.23. The Morgan fingerprint density at radius 2 is 1.87 bits per heavy atom. The lowest BCUT2D eigenvalue weighted by molar-refractivity contribution is 0.554. The molecule has 0 aliphatic rings. The van der Waals surface area contributed by atoms with Crippen LogP contribution in [0.25, 0.3) is 0 Å². The van der Waals surface area contributed by atoms with Crippen molar-refractivity contribution in [2.24, 2.45) is 4.99 Å². The second-order valence-corrected chi connectivity index (χ2v) is 4.73. The average molecular weight is 203 g/mol. The van der Waals surface area contributed by atoms with E-state index in [-0.39, 0.29) is 11.5 Å². The minimum Gasteiger partial charge on any atom is -0.211 e. The molecular weight excluding hydrogens is 186 g/mol. The predicted molar refractivity (Wildman–Crippen MR) is 61.7 cm³/mol. The second-order valence-electron chi connectivity index (χ2n) is 4.73. The van der Waals surface area contributed by atoms with Gasteiger partial charge >= 0.3 is 0 Å². The highest BCUT2D eigenvalue weighted by atomic mass is 16.1. The van der Waals surface area contributed by atoms with Crippen LogP contribution in [0.5, 0.6) is 0 Å². The summed E-state index contributed by atoms with van der Waals surface area (Å²) in [6, 6.07) is 7.99. The Bertz CT molecular complexity index is 384. The maximum Gasteiger partial charge on any atom is 0.235 e. The molecule has 0 fully saturated rings. The molecule has 0 spiro atoms. The quantitative estimate of drug-likeness (QED) is 0.535. The smallest absolute Gasteiger partial charge is 0.211 e. The Hall–Kier alpha value is -1.40. The Morgan fingerprint density at radius 3 is 2.40 bits per heavy atom. The van der Waals surface area contributed by atoms with Gasteiger partial charge in [0.1, 0.15) is 0 Å².